The van der Waals surface area contributed by atoms with E-state index in [0.29, 0.717) is 0 Å². The molecule has 0 aromatic carbocycles. The van der Waals surface area contributed by atoms with Gasteiger partial charge in [-0.25, -0.2) is 0 Å². The first-order valence-corrected chi connectivity index (χ1v) is 8.33. The van der Waals surface area contributed by atoms with Crippen LogP contribution < -0.4 is 0 Å². The number of rotatable bonds is 4. The first-order valence-electron chi connectivity index (χ1n) is 4.53. The van der Waals surface area contributed by atoms with Gasteiger partial charge in [-0.05, 0) is 0 Å². The third-order valence-electron chi connectivity index (χ3n) is 2.07. The Labute approximate surface area is 81.1 Å². The van der Waals surface area contributed by atoms with Gasteiger partial charge in [0.2, 0.25) is 0 Å². The van der Waals surface area contributed by atoms with Gasteiger partial charge in [-0.3, -0.25) is 0 Å². The molecule has 0 spiro atoms. The average Bonchev–Trinajstić information content (AvgIpc) is 2.40. The van der Waals surface area contributed by atoms with E-state index in [1.165, 1.54) is 12.8 Å². The molecular formula is C10H16In-. The fourth-order valence-corrected chi connectivity index (χ4v) is 6.64. The Morgan fingerprint density at radius 1 is 1.36 bits per heavy atom. The van der Waals surface area contributed by atoms with E-state index in [9.17, 15) is 0 Å². The molecule has 0 aliphatic heterocycles. The van der Waals surface area contributed by atoms with Crippen LogP contribution in [0.4, 0.5) is 0 Å². The molecule has 1 aliphatic carbocycles. The molecule has 1 rings (SSSR count). The summed E-state index contributed by atoms with van der Waals surface area (Å²) >= 11 is -0.317. The van der Waals surface area contributed by atoms with Crippen molar-refractivity contribution in [2.24, 2.45) is 0 Å². The fraction of sp³-hybridized carbons (Fsp3) is 0.600. The van der Waals surface area contributed by atoms with Crippen molar-refractivity contribution in [2.45, 2.75) is 34.0 Å². The minimum absolute atomic E-state index is 0.317. The Hall–Kier alpha value is 0.350. The average molecular weight is 251 g/mol. The second-order valence-electron chi connectivity index (χ2n) is 3.31. The summed E-state index contributed by atoms with van der Waals surface area (Å²) < 4.78 is 2.00. The van der Waals surface area contributed by atoms with Gasteiger partial charge in [-0.15, -0.1) is 0 Å². The molecule has 60 valence electrons. The van der Waals surface area contributed by atoms with Crippen molar-refractivity contribution >= 4 is 22.9 Å². The van der Waals surface area contributed by atoms with E-state index in [1.54, 1.807) is 0 Å². The molecule has 0 amide bonds. The molecule has 0 aromatic rings. The summed E-state index contributed by atoms with van der Waals surface area (Å²) in [6.07, 6.45) is 12.0. The number of allylic oxidation sites excluding steroid dienone is 4. The van der Waals surface area contributed by atoms with Gasteiger partial charge in [0.25, 0.3) is 0 Å². The van der Waals surface area contributed by atoms with Crippen molar-refractivity contribution < 1.29 is 0 Å². The Balaban J connectivity index is 2.19. The molecule has 2 radical (unpaired) electrons. The predicted molar refractivity (Wildman–Crippen MR) is 52.1 cm³/mol. The molecule has 0 saturated heterocycles. The molecule has 0 aromatic heterocycles. The van der Waals surface area contributed by atoms with Crippen LogP contribution in [0.1, 0.15) is 26.7 Å². The zero-order valence-corrected chi connectivity index (χ0v) is 10.8. The Morgan fingerprint density at radius 3 is 2.55 bits per heavy atom. The monoisotopic (exact) mass is 251 g/mol. The van der Waals surface area contributed by atoms with Crippen LogP contribution in [0.3, 0.4) is 0 Å². The predicted octanol–water partition coefficient (Wildman–Crippen LogP) is 3.21. The summed E-state index contributed by atoms with van der Waals surface area (Å²) in [6, 6.07) is 0. The van der Waals surface area contributed by atoms with Gasteiger partial charge in [0, 0.05) is 0 Å². The molecule has 11 heavy (non-hydrogen) atoms. The van der Waals surface area contributed by atoms with E-state index >= 15 is 0 Å². The van der Waals surface area contributed by atoms with Crippen LogP contribution >= 0.6 is 0 Å². The first-order chi connectivity index (χ1) is 5.33. The molecule has 0 fully saturated rings. The third kappa shape index (κ3) is 3.50. The molecule has 1 atom stereocenters. The van der Waals surface area contributed by atoms with Gasteiger partial charge in [-0.2, -0.15) is 0 Å². The fourth-order valence-electron chi connectivity index (χ4n) is 1.51. The van der Waals surface area contributed by atoms with Crippen LogP contribution in [-0.2, 0) is 0 Å². The van der Waals surface area contributed by atoms with Crippen molar-refractivity contribution in [3.63, 3.8) is 0 Å². The van der Waals surface area contributed by atoms with E-state index in [0.717, 1.165) is 7.35 Å². The second-order valence-corrected chi connectivity index (χ2v) is 9.85. The molecule has 0 heterocycles. The number of hydrogen-bond acceptors (Lipinski definition) is 0. The Kier molecular flexibility index (Phi) is 4.36. The van der Waals surface area contributed by atoms with E-state index in [1.807, 2.05) is 0 Å². The third-order valence-corrected chi connectivity index (χ3v) is 7.44. The van der Waals surface area contributed by atoms with Gasteiger partial charge in [0.1, 0.15) is 0 Å². The molecule has 0 saturated carbocycles. The van der Waals surface area contributed by atoms with Crippen molar-refractivity contribution in [1.29, 1.82) is 0 Å². The Morgan fingerprint density at radius 2 is 2.00 bits per heavy atom. The van der Waals surface area contributed by atoms with Crippen LogP contribution in [0.25, 0.3) is 0 Å². The summed E-state index contributed by atoms with van der Waals surface area (Å²) in [5.41, 5.74) is 0. The molecule has 1 heteroatoms. The van der Waals surface area contributed by atoms with Gasteiger partial charge in [-0.1, -0.05) is 0 Å². The molecule has 1 unspecified atom stereocenters. The maximum absolute atomic E-state index is 2.44. The summed E-state index contributed by atoms with van der Waals surface area (Å²) in [5, 5.41) is 0. The second kappa shape index (κ2) is 5.08. The summed E-state index contributed by atoms with van der Waals surface area (Å²) in [5.74, 6) is 0. The van der Waals surface area contributed by atoms with Crippen LogP contribution in [0.5, 0.6) is 0 Å². The van der Waals surface area contributed by atoms with Gasteiger partial charge in [0.05, 0.1) is 0 Å². The van der Waals surface area contributed by atoms with Crippen LogP contribution in [0.15, 0.2) is 24.3 Å². The van der Waals surface area contributed by atoms with Crippen molar-refractivity contribution in [3.8, 4) is 0 Å². The van der Waals surface area contributed by atoms with Crippen LogP contribution in [-0.4, -0.2) is 22.9 Å². The standard InChI is InChI=1S/C5H5.C5H11.In/c1-2-4-5-3-1;1-3-5-4-2;/h1-5H;3H,4-5H2,1-2H3;/q;;-1. The van der Waals surface area contributed by atoms with Crippen molar-refractivity contribution in [3.05, 3.63) is 24.3 Å². The van der Waals surface area contributed by atoms with E-state index in [2.05, 4.69) is 38.2 Å². The zero-order chi connectivity index (χ0) is 8.10. The van der Waals surface area contributed by atoms with E-state index in [4.69, 9.17) is 0 Å². The summed E-state index contributed by atoms with van der Waals surface area (Å²) in [4.78, 5) is 0. The van der Waals surface area contributed by atoms with Crippen molar-refractivity contribution in [2.75, 3.05) is 0 Å². The normalized spacial score (nSPS) is 19.5. The van der Waals surface area contributed by atoms with Crippen LogP contribution in [0, 0.1) is 0 Å². The zero-order valence-electron chi connectivity index (χ0n) is 7.46. The van der Waals surface area contributed by atoms with Crippen molar-refractivity contribution in [1.82, 2.24) is 0 Å². The SMILES string of the molecule is CCC[CH](C)[In-][CH]1C=CC=C1. The summed E-state index contributed by atoms with van der Waals surface area (Å²) in [6.45, 7) is 4.73. The first kappa shape index (κ1) is 9.44. The van der Waals surface area contributed by atoms with E-state index in [-0.39, 0.29) is 22.9 Å². The van der Waals surface area contributed by atoms with Gasteiger partial charge < -0.3 is 0 Å². The van der Waals surface area contributed by atoms with Gasteiger partial charge >= 0.3 is 81.2 Å². The minimum atomic E-state index is -0.317. The van der Waals surface area contributed by atoms with Crippen LogP contribution in [0.2, 0.25) is 7.35 Å². The quantitative estimate of drug-likeness (QED) is 0.719. The molecule has 0 nitrogen and oxygen atoms in total. The Bertz CT molecular complexity index is 146. The number of hydrogen-bond donors (Lipinski definition) is 0. The maximum atomic E-state index is 2.44. The topological polar surface area (TPSA) is 0 Å². The van der Waals surface area contributed by atoms with E-state index < -0.39 is 0 Å². The summed E-state index contributed by atoms with van der Waals surface area (Å²) in [7, 11) is 0. The molecule has 1 aliphatic rings. The molecule has 0 bridgehead atoms. The molecule has 0 N–H and O–H groups in total. The van der Waals surface area contributed by atoms with Gasteiger partial charge in [0.15, 0.2) is 0 Å². The molecular weight excluding hydrogens is 235 g/mol.